The molecular formula is C23H26ClN5O4S. The van der Waals surface area contributed by atoms with Crippen LogP contribution in [0.2, 0.25) is 5.02 Å². The number of hydrogen-bond acceptors (Lipinski definition) is 7. The third kappa shape index (κ3) is 6.58. The summed E-state index contributed by atoms with van der Waals surface area (Å²) in [6.45, 7) is 3.83. The van der Waals surface area contributed by atoms with Gasteiger partial charge in [0.2, 0.25) is 11.0 Å². The normalized spacial score (nSPS) is 12.4. The van der Waals surface area contributed by atoms with E-state index in [1.165, 1.54) is 25.6 Å². The minimum atomic E-state index is -0.791. The van der Waals surface area contributed by atoms with Gasteiger partial charge in [-0.15, -0.1) is 10.2 Å². The summed E-state index contributed by atoms with van der Waals surface area (Å²) in [7, 11) is 3.04. The number of aromatic nitrogens is 2. The van der Waals surface area contributed by atoms with E-state index in [1.807, 2.05) is 26.0 Å². The standard InChI is InChI=1S/C23H26ClN5O4S/c1-5-13(2)19(26-22(31)25-16-10-17(32-3)12-18(11-16)33-4)20(30)27-23-29-28-21(34-23)14-6-8-15(24)9-7-14/h6-13,19H,5H2,1-4H3,(H2,25,26,31)(H,27,29,30). The molecule has 3 amide bonds. The van der Waals surface area contributed by atoms with Gasteiger partial charge in [0.25, 0.3) is 0 Å². The molecule has 3 rings (SSSR count). The number of benzene rings is 2. The maximum atomic E-state index is 13.0. The van der Waals surface area contributed by atoms with Gasteiger partial charge >= 0.3 is 6.03 Å². The van der Waals surface area contributed by atoms with Gasteiger partial charge in [-0.05, 0) is 18.1 Å². The van der Waals surface area contributed by atoms with E-state index < -0.39 is 12.1 Å². The second kappa shape index (κ2) is 11.7. The highest BCUT2D eigenvalue weighted by atomic mass is 35.5. The van der Waals surface area contributed by atoms with Crippen molar-refractivity contribution in [3.63, 3.8) is 0 Å². The number of amides is 3. The minimum Gasteiger partial charge on any atom is -0.497 e. The number of ether oxygens (including phenoxy) is 2. The molecule has 34 heavy (non-hydrogen) atoms. The number of urea groups is 1. The first kappa shape index (κ1) is 25.3. The fraction of sp³-hybridized carbons (Fsp3) is 0.304. The van der Waals surface area contributed by atoms with E-state index in [9.17, 15) is 9.59 Å². The molecule has 1 aromatic heterocycles. The van der Waals surface area contributed by atoms with Crippen LogP contribution in [0.3, 0.4) is 0 Å². The van der Waals surface area contributed by atoms with Crippen LogP contribution in [0, 0.1) is 5.92 Å². The van der Waals surface area contributed by atoms with Crippen molar-refractivity contribution in [1.82, 2.24) is 15.5 Å². The Labute approximate surface area is 206 Å². The lowest BCUT2D eigenvalue weighted by molar-refractivity contribution is -0.119. The Morgan fingerprint density at radius 1 is 1.03 bits per heavy atom. The Bertz CT molecular complexity index is 1120. The van der Waals surface area contributed by atoms with Gasteiger partial charge in [0.05, 0.1) is 14.2 Å². The molecule has 3 N–H and O–H groups in total. The molecular weight excluding hydrogens is 478 g/mol. The molecule has 11 heteroatoms. The smallest absolute Gasteiger partial charge is 0.319 e. The van der Waals surface area contributed by atoms with Crippen molar-refractivity contribution in [1.29, 1.82) is 0 Å². The zero-order valence-corrected chi connectivity index (χ0v) is 20.8. The van der Waals surface area contributed by atoms with E-state index >= 15 is 0 Å². The molecule has 9 nitrogen and oxygen atoms in total. The number of rotatable bonds is 9. The van der Waals surface area contributed by atoms with Crippen molar-refractivity contribution in [2.45, 2.75) is 26.3 Å². The SMILES string of the molecule is CCC(C)C(NC(=O)Nc1cc(OC)cc(OC)c1)C(=O)Nc1nnc(-c2ccc(Cl)cc2)s1. The number of nitrogens with one attached hydrogen (secondary N) is 3. The third-order valence-corrected chi connectivity index (χ3v) is 6.28. The molecule has 0 aliphatic carbocycles. The van der Waals surface area contributed by atoms with E-state index in [1.54, 1.807) is 30.3 Å². The van der Waals surface area contributed by atoms with Gasteiger partial charge in [-0.3, -0.25) is 10.1 Å². The molecule has 0 saturated carbocycles. The fourth-order valence-corrected chi connectivity index (χ4v) is 3.93. The molecule has 3 aromatic rings. The number of halogens is 1. The summed E-state index contributed by atoms with van der Waals surface area (Å²) in [6.07, 6.45) is 0.678. The van der Waals surface area contributed by atoms with Gasteiger partial charge in [-0.25, -0.2) is 4.79 Å². The maximum Gasteiger partial charge on any atom is 0.319 e. The van der Waals surface area contributed by atoms with E-state index in [2.05, 4.69) is 26.1 Å². The van der Waals surface area contributed by atoms with Crippen molar-refractivity contribution < 1.29 is 19.1 Å². The number of nitrogens with zero attached hydrogens (tertiary/aromatic N) is 2. The first-order valence-corrected chi connectivity index (χ1v) is 11.7. The quantitative estimate of drug-likeness (QED) is 0.376. The van der Waals surface area contributed by atoms with Crippen LogP contribution in [0.5, 0.6) is 11.5 Å². The third-order valence-electron chi connectivity index (χ3n) is 5.14. The van der Waals surface area contributed by atoms with E-state index in [-0.39, 0.29) is 11.8 Å². The molecule has 0 bridgehead atoms. The summed E-state index contributed by atoms with van der Waals surface area (Å²) >= 11 is 7.17. The number of hydrogen-bond donors (Lipinski definition) is 3. The molecule has 0 radical (unpaired) electrons. The predicted molar refractivity (Wildman–Crippen MR) is 134 cm³/mol. The summed E-state index contributed by atoms with van der Waals surface area (Å²) in [5, 5.41) is 18.0. The Kier molecular flexibility index (Phi) is 8.67. The largest absolute Gasteiger partial charge is 0.497 e. The Hall–Kier alpha value is -3.37. The topological polar surface area (TPSA) is 114 Å². The van der Waals surface area contributed by atoms with Crippen LogP contribution < -0.4 is 25.4 Å². The average Bonchev–Trinajstić information content (AvgIpc) is 3.30. The molecule has 2 unspecified atom stereocenters. The molecule has 0 spiro atoms. The van der Waals surface area contributed by atoms with Crippen LogP contribution in [-0.4, -0.2) is 42.4 Å². The van der Waals surface area contributed by atoms with Crippen LogP contribution in [0.1, 0.15) is 20.3 Å². The molecule has 180 valence electrons. The first-order chi connectivity index (χ1) is 16.3. The molecule has 2 atom stereocenters. The summed E-state index contributed by atoms with van der Waals surface area (Å²) in [4.78, 5) is 25.7. The van der Waals surface area contributed by atoms with Crippen molar-refractivity contribution in [3.05, 3.63) is 47.5 Å². The molecule has 0 saturated heterocycles. The summed E-state index contributed by atoms with van der Waals surface area (Å²) in [5.74, 6) is 0.540. The van der Waals surface area contributed by atoms with Crippen LogP contribution in [0.4, 0.5) is 15.6 Å². The molecule has 2 aromatic carbocycles. The Balaban J connectivity index is 1.69. The first-order valence-electron chi connectivity index (χ1n) is 10.5. The molecule has 0 aliphatic rings. The van der Waals surface area contributed by atoms with Crippen molar-refractivity contribution >= 4 is 45.7 Å². The number of anilines is 2. The zero-order valence-electron chi connectivity index (χ0n) is 19.2. The number of carbonyl (C=O) groups is 2. The average molecular weight is 504 g/mol. The van der Waals surface area contributed by atoms with Gasteiger partial charge in [0, 0.05) is 34.5 Å². The fourth-order valence-electron chi connectivity index (χ4n) is 3.06. The van der Waals surface area contributed by atoms with Crippen LogP contribution >= 0.6 is 22.9 Å². The maximum absolute atomic E-state index is 13.0. The Morgan fingerprint density at radius 2 is 1.68 bits per heavy atom. The van der Waals surface area contributed by atoms with E-state index in [0.717, 1.165) is 5.56 Å². The van der Waals surface area contributed by atoms with Crippen molar-refractivity contribution in [3.8, 4) is 22.1 Å². The lowest BCUT2D eigenvalue weighted by atomic mass is 9.98. The van der Waals surface area contributed by atoms with Crippen LogP contribution in [0.15, 0.2) is 42.5 Å². The van der Waals surface area contributed by atoms with Gasteiger partial charge in [-0.2, -0.15) is 0 Å². The van der Waals surface area contributed by atoms with Crippen LogP contribution in [0.25, 0.3) is 10.6 Å². The van der Waals surface area contributed by atoms with Crippen molar-refractivity contribution in [2.24, 2.45) is 5.92 Å². The highest BCUT2D eigenvalue weighted by Gasteiger charge is 2.27. The zero-order chi connectivity index (χ0) is 24.7. The lowest BCUT2D eigenvalue weighted by Gasteiger charge is -2.23. The van der Waals surface area contributed by atoms with Gasteiger partial charge < -0.3 is 20.1 Å². The van der Waals surface area contributed by atoms with Crippen molar-refractivity contribution in [2.75, 3.05) is 24.9 Å². The van der Waals surface area contributed by atoms with Gasteiger partial charge in [0.1, 0.15) is 22.5 Å². The van der Waals surface area contributed by atoms with Crippen LogP contribution in [-0.2, 0) is 4.79 Å². The molecule has 0 fully saturated rings. The summed E-state index contributed by atoms with van der Waals surface area (Å²) in [6, 6.07) is 10.9. The minimum absolute atomic E-state index is 0.130. The van der Waals surface area contributed by atoms with Gasteiger partial charge in [-0.1, -0.05) is 55.3 Å². The second-order valence-electron chi connectivity index (χ2n) is 7.47. The second-order valence-corrected chi connectivity index (χ2v) is 8.89. The Morgan fingerprint density at radius 3 is 2.26 bits per heavy atom. The predicted octanol–water partition coefficient (Wildman–Crippen LogP) is 5.05. The summed E-state index contributed by atoms with van der Waals surface area (Å²) < 4.78 is 10.5. The van der Waals surface area contributed by atoms with E-state index in [4.69, 9.17) is 21.1 Å². The van der Waals surface area contributed by atoms with Gasteiger partial charge in [0.15, 0.2) is 0 Å². The van der Waals surface area contributed by atoms with E-state index in [0.29, 0.717) is 38.8 Å². The monoisotopic (exact) mass is 503 g/mol. The number of carbonyl (C=O) groups excluding carboxylic acids is 2. The lowest BCUT2D eigenvalue weighted by Crippen LogP contribution is -2.49. The molecule has 0 aliphatic heterocycles. The highest BCUT2D eigenvalue weighted by Crippen LogP contribution is 2.28. The molecule has 1 heterocycles. The number of methoxy groups -OCH3 is 2. The summed E-state index contributed by atoms with van der Waals surface area (Å²) in [5.41, 5.74) is 1.31. The highest BCUT2D eigenvalue weighted by molar-refractivity contribution is 7.18.